The molecule has 1 aromatic heterocycles. The Morgan fingerprint density at radius 3 is 3.12 bits per heavy atom. The Morgan fingerprint density at radius 1 is 1.44 bits per heavy atom. The molecule has 0 spiro atoms. The summed E-state index contributed by atoms with van der Waals surface area (Å²) >= 11 is 0. The summed E-state index contributed by atoms with van der Waals surface area (Å²) in [6, 6.07) is 10.2. The molecule has 1 heterocycles. The molecule has 1 aromatic carbocycles. The number of nitrogens with one attached hydrogen (secondary N) is 3. The van der Waals surface area contributed by atoms with Crippen LogP contribution in [0.3, 0.4) is 0 Å². The fraction of sp³-hybridized carbons (Fsp3) is 0.389. The second kappa shape index (κ2) is 7.71. The Bertz CT molecular complexity index is 791. The highest BCUT2D eigenvalue weighted by molar-refractivity contribution is 5.74. The molecular weight excluding hydrogens is 316 g/mol. The van der Waals surface area contributed by atoms with E-state index in [4.69, 9.17) is 11.0 Å². The standard InChI is InChI=1S/C18H22N6O/c19-11-14-16(23-24-17(14)20)9-4-10-21-18(25)22-15-8-3-6-12-5-1-2-7-13(12)15/h1-2,5,7,15H,3-4,6,8-10H2,(H3,20,23,24)(H2,21,22,25)/t15-/m0/s1. The van der Waals surface area contributed by atoms with Crippen LogP contribution in [0.2, 0.25) is 0 Å². The molecule has 0 saturated heterocycles. The normalized spacial score (nSPS) is 15.9. The van der Waals surface area contributed by atoms with Crippen molar-refractivity contribution in [3.63, 3.8) is 0 Å². The Balaban J connectivity index is 1.46. The third-order valence-electron chi connectivity index (χ3n) is 4.54. The summed E-state index contributed by atoms with van der Waals surface area (Å²) in [5, 5.41) is 21.6. The van der Waals surface area contributed by atoms with Gasteiger partial charge in [0.15, 0.2) is 5.82 Å². The largest absolute Gasteiger partial charge is 0.381 e. The van der Waals surface area contributed by atoms with Crippen LogP contribution < -0.4 is 16.4 Å². The summed E-state index contributed by atoms with van der Waals surface area (Å²) in [6.45, 7) is 0.518. The summed E-state index contributed by atoms with van der Waals surface area (Å²) in [5.41, 5.74) is 9.24. The first kappa shape index (κ1) is 16.8. The SMILES string of the molecule is N#Cc1c(N)n[nH]c1CCCNC(=O)N[C@H]1CCCc2ccccc21. The minimum Gasteiger partial charge on any atom is -0.381 e. The number of hydrogen-bond acceptors (Lipinski definition) is 4. The van der Waals surface area contributed by atoms with E-state index in [2.05, 4.69) is 33.0 Å². The van der Waals surface area contributed by atoms with Crippen molar-refractivity contribution in [2.24, 2.45) is 0 Å². The first-order valence-electron chi connectivity index (χ1n) is 8.54. The van der Waals surface area contributed by atoms with Gasteiger partial charge in [-0.2, -0.15) is 10.4 Å². The fourth-order valence-electron chi connectivity index (χ4n) is 3.28. The number of nitrogens with two attached hydrogens (primary N) is 1. The number of carbonyl (C=O) groups is 1. The average molecular weight is 338 g/mol. The molecular formula is C18H22N6O. The quantitative estimate of drug-likeness (QED) is 0.624. The van der Waals surface area contributed by atoms with Crippen molar-refractivity contribution < 1.29 is 4.79 Å². The molecule has 0 aliphatic heterocycles. The number of nitrogen functional groups attached to an aromatic ring is 1. The van der Waals surface area contributed by atoms with Crippen molar-refractivity contribution in [2.75, 3.05) is 12.3 Å². The maximum atomic E-state index is 12.1. The van der Waals surface area contributed by atoms with Gasteiger partial charge < -0.3 is 16.4 Å². The number of nitrogens with zero attached hydrogens (tertiary/aromatic N) is 2. The van der Waals surface area contributed by atoms with E-state index in [0.29, 0.717) is 30.6 Å². The van der Waals surface area contributed by atoms with Gasteiger partial charge in [0.05, 0.1) is 11.7 Å². The van der Waals surface area contributed by atoms with Gasteiger partial charge >= 0.3 is 6.03 Å². The van der Waals surface area contributed by atoms with Crippen molar-refractivity contribution in [2.45, 2.75) is 38.1 Å². The number of benzene rings is 1. The lowest BCUT2D eigenvalue weighted by Crippen LogP contribution is -2.39. The van der Waals surface area contributed by atoms with Crippen molar-refractivity contribution in [1.82, 2.24) is 20.8 Å². The number of rotatable bonds is 5. The van der Waals surface area contributed by atoms with E-state index in [-0.39, 0.29) is 17.9 Å². The number of hydrogen-bond donors (Lipinski definition) is 4. The number of aromatic nitrogens is 2. The molecule has 130 valence electrons. The first-order valence-corrected chi connectivity index (χ1v) is 8.54. The zero-order chi connectivity index (χ0) is 17.6. The molecule has 0 bridgehead atoms. The van der Waals surface area contributed by atoms with Gasteiger partial charge in [-0.1, -0.05) is 24.3 Å². The summed E-state index contributed by atoms with van der Waals surface area (Å²) < 4.78 is 0. The van der Waals surface area contributed by atoms with Crippen LogP contribution in [0.1, 0.15) is 47.7 Å². The summed E-state index contributed by atoms with van der Waals surface area (Å²) in [7, 11) is 0. The molecule has 7 heteroatoms. The number of aromatic amines is 1. The second-order valence-corrected chi connectivity index (χ2v) is 6.22. The Hall–Kier alpha value is -3.01. The Kier molecular flexibility index (Phi) is 5.19. The Labute approximate surface area is 146 Å². The van der Waals surface area contributed by atoms with Gasteiger partial charge in [0.25, 0.3) is 0 Å². The smallest absolute Gasteiger partial charge is 0.315 e. The predicted octanol–water partition coefficient (Wildman–Crippen LogP) is 2.17. The molecule has 3 rings (SSSR count). The number of aryl methyl sites for hydroxylation is 2. The first-order chi connectivity index (χ1) is 12.2. The highest BCUT2D eigenvalue weighted by Gasteiger charge is 2.21. The van der Waals surface area contributed by atoms with E-state index in [9.17, 15) is 4.79 Å². The van der Waals surface area contributed by atoms with Crippen molar-refractivity contribution >= 4 is 11.8 Å². The molecule has 7 nitrogen and oxygen atoms in total. The van der Waals surface area contributed by atoms with Crippen molar-refractivity contribution in [1.29, 1.82) is 5.26 Å². The van der Waals surface area contributed by atoms with Gasteiger partial charge in [0, 0.05) is 6.54 Å². The number of nitriles is 1. The highest BCUT2D eigenvalue weighted by Crippen LogP contribution is 2.29. The number of carbonyl (C=O) groups excluding carboxylic acids is 1. The average Bonchev–Trinajstić information content (AvgIpc) is 2.99. The molecule has 1 atom stereocenters. The summed E-state index contributed by atoms with van der Waals surface area (Å²) in [4.78, 5) is 12.1. The van der Waals surface area contributed by atoms with Gasteiger partial charge in [-0.3, -0.25) is 5.10 Å². The van der Waals surface area contributed by atoms with Gasteiger partial charge in [-0.05, 0) is 43.2 Å². The lowest BCUT2D eigenvalue weighted by molar-refractivity contribution is 0.235. The van der Waals surface area contributed by atoms with Gasteiger partial charge in [-0.15, -0.1) is 0 Å². The summed E-state index contributed by atoms with van der Waals surface area (Å²) in [5.74, 6) is 0.221. The number of amides is 2. The Morgan fingerprint density at radius 2 is 2.28 bits per heavy atom. The zero-order valence-corrected chi connectivity index (χ0v) is 14.0. The van der Waals surface area contributed by atoms with Crippen LogP contribution in [0.4, 0.5) is 10.6 Å². The van der Waals surface area contributed by atoms with Gasteiger partial charge in [-0.25, -0.2) is 4.79 Å². The molecule has 0 radical (unpaired) electrons. The molecule has 1 aliphatic carbocycles. The number of anilines is 1. The van der Waals surface area contributed by atoms with E-state index >= 15 is 0 Å². The number of fused-ring (bicyclic) bond motifs is 1. The summed E-state index contributed by atoms with van der Waals surface area (Å²) in [6.07, 6.45) is 4.43. The van der Waals surface area contributed by atoms with Crippen LogP contribution >= 0.6 is 0 Å². The van der Waals surface area contributed by atoms with Crippen LogP contribution in [0.15, 0.2) is 24.3 Å². The minimum atomic E-state index is -0.161. The third-order valence-corrected chi connectivity index (χ3v) is 4.54. The van der Waals surface area contributed by atoms with Crippen molar-refractivity contribution in [3.05, 3.63) is 46.6 Å². The van der Waals surface area contributed by atoms with Crippen LogP contribution in [-0.4, -0.2) is 22.8 Å². The van der Waals surface area contributed by atoms with E-state index < -0.39 is 0 Å². The number of H-pyrrole nitrogens is 1. The molecule has 1 aliphatic rings. The topological polar surface area (TPSA) is 120 Å². The maximum Gasteiger partial charge on any atom is 0.315 e. The van der Waals surface area contributed by atoms with Crippen LogP contribution in [-0.2, 0) is 12.8 Å². The molecule has 2 aromatic rings. The molecule has 5 N–H and O–H groups in total. The van der Waals surface area contributed by atoms with E-state index in [1.807, 2.05) is 18.2 Å². The van der Waals surface area contributed by atoms with Crippen molar-refractivity contribution in [3.8, 4) is 6.07 Å². The van der Waals surface area contributed by atoms with Gasteiger partial charge in [0.1, 0.15) is 11.6 Å². The molecule has 25 heavy (non-hydrogen) atoms. The van der Waals surface area contributed by atoms with Crippen LogP contribution in [0.5, 0.6) is 0 Å². The minimum absolute atomic E-state index is 0.0718. The van der Waals surface area contributed by atoms with E-state index in [0.717, 1.165) is 19.3 Å². The molecule has 0 saturated carbocycles. The van der Waals surface area contributed by atoms with Gasteiger partial charge in [0.2, 0.25) is 0 Å². The van der Waals surface area contributed by atoms with Crippen LogP contribution in [0, 0.1) is 11.3 Å². The lowest BCUT2D eigenvalue weighted by Gasteiger charge is -2.26. The van der Waals surface area contributed by atoms with E-state index in [1.165, 1.54) is 11.1 Å². The highest BCUT2D eigenvalue weighted by atomic mass is 16.2. The second-order valence-electron chi connectivity index (χ2n) is 6.22. The lowest BCUT2D eigenvalue weighted by atomic mass is 9.88. The molecule has 2 amide bonds. The molecule has 0 unspecified atom stereocenters. The van der Waals surface area contributed by atoms with Crippen LogP contribution in [0.25, 0.3) is 0 Å². The monoisotopic (exact) mass is 338 g/mol. The third kappa shape index (κ3) is 3.91. The fourth-order valence-corrected chi connectivity index (χ4v) is 3.28. The van der Waals surface area contributed by atoms with E-state index in [1.54, 1.807) is 0 Å². The number of urea groups is 1. The molecule has 0 fully saturated rings. The zero-order valence-electron chi connectivity index (χ0n) is 14.0. The predicted molar refractivity (Wildman–Crippen MR) is 94.7 cm³/mol. The maximum absolute atomic E-state index is 12.1.